The first-order valence-electron chi connectivity index (χ1n) is 15.5. The molecule has 6 rings (SSSR count). The highest BCUT2D eigenvalue weighted by Crippen LogP contribution is 2.43. The number of carboxylic acid groups (broad SMARTS) is 1. The standard InChI is InChI=1S/C31H31F3N8O8S/c1-35-25(43)15-39-13-21(11-36-39)19-4-7-23-20(10-19)8-9-30(23)27(45)42(28(46)37-30)16-26(44)41(12-18-2-5-22(32)6-3-18)24-14-40(17-31(24,33)34)51(49,50)38-29(47)48/h2-7,10-11,13,24,38H,8-9,12,14-17H2,1H3,(H,35,43)(H,37,46)(H,47,48)/t24?,30-/m0/s1. The molecular formula is C31H31F3N8O8S. The van der Waals surface area contributed by atoms with Crippen molar-refractivity contribution in [1.82, 2.24) is 39.2 Å². The van der Waals surface area contributed by atoms with Gasteiger partial charge in [0.25, 0.3) is 11.8 Å². The smallest absolute Gasteiger partial charge is 0.419 e. The maximum absolute atomic E-state index is 15.5. The van der Waals surface area contributed by atoms with Crippen LogP contribution >= 0.6 is 0 Å². The molecule has 16 nitrogen and oxygen atoms in total. The first kappa shape index (κ1) is 35.3. The second-order valence-electron chi connectivity index (χ2n) is 12.3. The summed E-state index contributed by atoms with van der Waals surface area (Å²) >= 11 is 0. The van der Waals surface area contributed by atoms with Gasteiger partial charge in [-0.3, -0.25) is 24.0 Å². The predicted molar refractivity (Wildman–Crippen MR) is 169 cm³/mol. The van der Waals surface area contributed by atoms with E-state index in [-0.39, 0.29) is 28.7 Å². The summed E-state index contributed by atoms with van der Waals surface area (Å²) < 4.78 is 72.3. The zero-order valence-electron chi connectivity index (χ0n) is 26.8. The van der Waals surface area contributed by atoms with Gasteiger partial charge in [0.15, 0.2) is 0 Å². The summed E-state index contributed by atoms with van der Waals surface area (Å²) in [5.41, 5.74) is 1.29. The lowest BCUT2D eigenvalue weighted by Gasteiger charge is -2.33. The molecule has 4 N–H and O–H groups in total. The number of amides is 6. The third-order valence-corrected chi connectivity index (χ3v) is 10.5. The molecule has 3 heterocycles. The van der Waals surface area contributed by atoms with Crippen LogP contribution in [0.15, 0.2) is 54.9 Å². The second-order valence-corrected chi connectivity index (χ2v) is 14.0. The van der Waals surface area contributed by atoms with Crippen LogP contribution in [-0.2, 0) is 49.6 Å². The number of aromatic nitrogens is 2. The number of hydrogen-bond acceptors (Lipinski definition) is 8. The zero-order chi connectivity index (χ0) is 36.9. The molecule has 20 heteroatoms. The van der Waals surface area contributed by atoms with Gasteiger partial charge in [0.1, 0.15) is 30.5 Å². The molecule has 0 bridgehead atoms. The number of rotatable bonds is 10. The van der Waals surface area contributed by atoms with Crippen molar-refractivity contribution in [1.29, 1.82) is 0 Å². The fraction of sp³-hybridized carbons (Fsp3) is 0.355. The number of nitrogens with zero attached hydrogens (tertiary/aromatic N) is 5. The summed E-state index contributed by atoms with van der Waals surface area (Å²) in [6.07, 6.45) is 1.75. The van der Waals surface area contributed by atoms with Gasteiger partial charge in [0.05, 0.1) is 12.7 Å². The number of carbonyl (C=O) groups excluding carboxylic acids is 4. The summed E-state index contributed by atoms with van der Waals surface area (Å²) in [6.45, 7) is -4.04. The Morgan fingerprint density at radius 1 is 1.10 bits per heavy atom. The number of aryl methyl sites for hydroxylation is 1. The third kappa shape index (κ3) is 6.70. The van der Waals surface area contributed by atoms with E-state index in [0.29, 0.717) is 27.3 Å². The van der Waals surface area contributed by atoms with Crippen molar-refractivity contribution in [2.24, 2.45) is 0 Å². The Kier molecular flexibility index (Phi) is 9.00. The van der Waals surface area contributed by atoms with Crippen molar-refractivity contribution in [2.75, 3.05) is 26.7 Å². The molecule has 2 fully saturated rings. The van der Waals surface area contributed by atoms with Crippen LogP contribution < -0.4 is 15.4 Å². The molecule has 0 saturated carbocycles. The van der Waals surface area contributed by atoms with Crippen LogP contribution in [0.4, 0.5) is 22.8 Å². The highest BCUT2D eigenvalue weighted by atomic mass is 32.2. The van der Waals surface area contributed by atoms with Crippen molar-refractivity contribution in [3.8, 4) is 11.1 Å². The molecule has 2 aliphatic heterocycles. The monoisotopic (exact) mass is 732 g/mol. The van der Waals surface area contributed by atoms with Gasteiger partial charge in [-0.25, -0.2) is 27.5 Å². The molecule has 0 radical (unpaired) electrons. The first-order valence-corrected chi connectivity index (χ1v) is 16.9. The van der Waals surface area contributed by atoms with Crippen molar-refractivity contribution < 1.29 is 50.7 Å². The number of benzene rings is 2. The maximum atomic E-state index is 15.5. The van der Waals surface area contributed by atoms with E-state index in [1.54, 1.807) is 24.5 Å². The quantitative estimate of drug-likeness (QED) is 0.219. The van der Waals surface area contributed by atoms with Crippen LogP contribution in [0.2, 0.25) is 0 Å². The fourth-order valence-electron chi connectivity index (χ4n) is 6.60. The van der Waals surface area contributed by atoms with Gasteiger partial charge >= 0.3 is 22.3 Å². The molecule has 2 aromatic carbocycles. The fourth-order valence-corrected chi connectivity index (χ4v) is 7.63. The van der Waals surface area contributed by atoms with E-state index in [4.69, 9.17) is 5.11 Å². The van der Waals surface area contributed by atoms with Gasteiger partial charge in [0, 0.05) is 31.9 Å². The number of halogens is 3. The van der Waals surface area contributed by atoms with Crippen LogP contribution in [-0.4, -0.2) is 106 Å². The Bertz CT molecular complexity index is 2040. The van der Waals surface area contributed by atoms with E-state index in [1.807, 2.05) is 6.07 Å². The Balaban J connectivity index is 1.24. The minimum Gasteiger partial charge on any atom is -0.464 e. The minimum atomic E-state index is -4.94. The topological polar surface area (TPSA) is 203 Å². The number of hydrogen-bond donors (Lipinski definition) is 4. The van der Waals surface area contributed by atoms with E-state index in [9.17, 15) is 36.8 Å². The molecule has 51 heavy (non-hydrogen) atoms. The first-order chi connectivity index (χ1) is 24.0. The van der Waals surface area contributed by atoms with E-state index in [0.717, 1.165) is 23.3 Å². The van der Waals surface area contributed by atoms with Crippen LogP contribution in [0.5, 0.6) is 0 Å². The highest BCUT2D eigenvalue weighted by molar-refractivity contribution is 7.87. The largest absolute Gasteiger partial charge is 0.464 e. The molecule has 270 valence electrons. The van der Waals surface area contributed by atoms with Crippen LogP contribution in [0.25, 0.3) is 11.1 Å². The average Bonchev–Trinajstić information content (AvgIpc) is 3.82. The van der Waals surface area contributed by atoms with Gasteiger partial charge < -0.3 is 20.6 Å². The lowest BCUT2D eigenvalue weighted by molar-refractivity contribution is -0.146. The highest BCUT2D eigenvalue weighted by Gasteiger charge is 2.58. The van der Waals surface area contributed by atoms with Crippen LogP contribution in [0.1, 0.15) is 23.1 Å². The van der Waals surface area contributed by atoms with Crippen molar-refractivity contribution in [3.05, 3.63) is 77.4 Å². The van der Waals surface area contributed by atoms with E-state index >= 15 is 8.78 Å². The van der Waals surface area contributed by atoms with E-state index in [1.165, 1.54) is 28.6 Å². The van der Waals surface area contributed by atoms with E-state index < -0.39 is 83.6 Å². The summed E-state index contributed by atoms with van der Waals surface area (Å²) in [4.78, 5) is 65.0. The van der Waals surface area contributed by atoms with Gasteiger partial charge in [-0.15, -0.1) is 0 Å². The molecule has 1 unspecified atom stereocenters. The molecule has 6 amide bonds. The van der Waals surface area contributed by atoms with Crippen molar-refractivity contribution >= 4 is 40.1 Å². The number of carbonyl (C=O) groups is 5. The molecule has 1 aromatic heterocycles. The third-order valence-electron chi connectivity index (χ3n) is 9.12. The molecule has 1 spiro atoms. The zero-order valence-corrected chi connectivity index (χ0v) is 27.6. The maximum Gasteiger partial charge on any atom is 0.419 e. The van der Waals surface area contributed by atoms with E-state index in [2.05, 4.69) is 15.7 Å². The molecule has 2 atom stereocenters. The summed E-state index contributed by atoms with van der Waals surface area (Å²) in [7, 11) is -3.44. The number of nitrogens with one attached hydrogen (secondary N) is 3. The Hall–Kier alpha value is -5.50. The van der Waals surface area contributed by atoms with Gasteiger partial charge in [0.2, 0.25) is 11.8 Å². The van der Waals surface area contributed by atoms with Crippen LogP contribution in [0.3, 0.4) is 0 Å². The summed E-state index contributed by atoms with van der Waals surface area (Å²) in [5, 5.41) is 18.3. The van der Waals surface area contributed by atoms with Crippen LogP contribution in [0, 0.1) is 5.82 Å². The Labute approximate surface area is 288 Å². The van der Waals surface area contributed by atoms with Crippen molar-refractivity contribution in [2.45, 2.75) is 43.4 Å². The summed E-state index contributed by atoms with van der Waals surface area (Å²) in [6, 6.07) is 6.61. The predicted octanol–water partition coefficient (Wildman–Crippen LogP) is 0.989. The molecule has 3 aromatic rings. The minimum absolute atomic E-state index is 0.0125. The number of urea groups is 1. The van der Waals surface area contributed by atoms with Gasteiger partial charge in [-0.2, -0.15) is 17.8 Å². The summed E-state index contributed by atoms with van der Waals surface area (Å²) in [5.74, 6) is -6.72. The number of alkyl halides is 2. The molecule has 3 aliphatic rings. The lowest BCUT2D eigenvalue weighted by Crippen LogP contribution is -2.53. The Morgan fingerprint density at radius 2 is 1.82 bits per heavy atom. The molecule has 2 saturated heterocycles. The molecular weight excluding hydrogens is 701 g/mol. The van der Waals surface area contributed by atoms with Crippen molar-refractivity contribution in [3.63, 3.8) is 0 Å². The number of likely N-dealkylation sites (N-methyl/N-ethyl adjacent to an activating group) is 1. The van der Waals surface area contributed by atoms with Gasteiger partial charge in [-0.05, 0) is 47.2 Å². The second kappa shape index (κ2) is 13.0. The molecule has 1 aliphatic carbocycles. The Morgan fingerprint density at radius 3 is 2.51 bits per heavy atom. The lowest BCUT2D eigenvalue weighted by atomic mass is 9.90. The van der Waals surface area contributed by atoms with Gasteiger partial charge in [-0.1, -0.05) is 30.3 Å². The SMILES string of the molecule is CNC(=O)Cn1cc(-c2ccc3c(c2)CC[C@]32NC(=O)N(CC(=O)N(Cc3ccc(F)cc3)C3CN(S(=O)(=O)NC(=O)O)CC3(F)F)C2=O)cn1. The number of fused-ring (bicyclic) bond motifs is 2. The normalized spacial score (nSPS) is 21.1. The average molecular weight is 733 g/mol. The number of imide groups is 1.